The van der Waals surface area contributed by atoms with Gasteiger partial charge in [-0.15, -0.1) is 0 Å². The second-order valence-electron chi connectivity index (χ2n) is 14.8. The van der Waals surface area contributed by atoms with Crippen LogP contribution >= 0.6 is 0 Å². The van der Waals surface area contributed by atoms with Crippen molar-refractivity contribution in [3.63, 3.8) is 0 Å². The molecule has 0 aromatic rings. The number of hydrogen-bond acceptors (Lipinski definition) is 4. The van der Waals surface area contributed by atoms with Gasteiger partial charge in [-0.05, 0) is 55.1 Å². The molecule has 0 radical (unpaired) electrons. The fourth-order valence-corrected chi connectivity index (χ4v) is 14.9. The summed E-state index contributed by atoms with van der Waals surface area (Å²) in [4.78, 5) is 12.0. The van der Waals surface area contributed by atoms with E-state index in [4.69, 9.17) is 15.3 Å². The third-order valence-electron chi connectivity index (χ3n) is 11.5. The SMILES string of the molecule is OC1CCCCC1.OC1CCCCC1.OC1CCCCC1.O[Si](C1CCCCC1)(C1CCCCC1)C1CCCCC1.[Ti]. The van der Waals surface area contributed by atoms with Crippen molar-refractivity contribution in [1.82, 2.24) is 0 Å². The fourth-order valence-electron chi connectivity index (χ4n) is 8.94. The number of hydrogen-bond donors (Lipinski definition) is 4. The quantitative estimate of drug-likeness (QED) is 0.231. The Morgan fingerprint density at radius 3 is 0.595 bits per heavy atom. The normalized spacial score (nSPS) is 26.3. The maximum atomic E-state index is 12.0. The first kappa shape index (κ1) is 39.0. The molecule has 0 bridgehead atoms. The molecule has 6 heteroatoms. The first-order valence-electron chi connectivity index (χ1n) is 18.8. The van der Waals surface area contributed by atoms with Gasteiger partial charge in [0.1, 0.15) is 0 Å². The van der Waals surface area contributed by atoms with Crippen molar-refractivity contribution >= 4 is 8.32 Å². The molecule has 0 saturated heterocycles. The zero-order valence-corrected chi connectivity index (χ0v) is 30.0. The van der Waals surface area contributed by atoms with E-state index in [9.17, 15) is 4.80 Å². The Bertz CT molecular complexity index is 532. The van der Waals surface area contributed by atoms with E-state index in [0.717, 1.165) is 55.1 Å². The fraction of sp³-hybridized carbons (Fsp3) is 1.00. The zero-order valence-electron chi connectivity index (χ0n) is 27.5. The van der Waals surface area contributed by atoms with Crippen LogP contribution in [0.2, 0.25) is 16.6 Å². The van der Waals surface area contributed by atoms with Gasteiger partial charge in [0, 0.05) is 21.7 Å². The summed E-state index contributed by atoms with van der Waals surface area (Å²) in [6.45, 7) is 0. The van der Waals surface area contributed by atoms with Crippen molar-refractivity contribution in [3.8, 4) is 0 Å². The maximum absolute atomic E-state index is 12.0. The third-order valence-corrected chi connectivity index (χ3v) is 17.2. The Hall–Kier alpha value is 0.771. The Labute approximate surface area is 276 Å². The Morgan fingerprint density at radius 1 is 0.286 bits per heavy atom. The predicted molar refractivity (Wildman–Crippen MR) is 176 cm³/mol. The van der Waals surface area contributed by atoms with Crippen LogP contribution in [-0.2, 0) is 21.7 Å². The van der Waals surface area contributed by atoms with E-state index >= 15 is 0 Å². The van der Waals surface area contributed by atoms with Gasteiger partial charge in [0.25, 0.3) is 0 Å². The van der Waals surface area contributed by atoms with Crippen molar-refractivity contribution in [2.75, 3.05) is 0 Å². The standard InChI is InChI=1S/C18H34OSi.3C6H12O.Ti/c19-20(16-10-4-1-5-11-16,17-12-6-2-7-13-17)18-14-8-3-9-15-18;3*7-6-4-2-1-3-5-6;/h16-19H,1-15H2;3*6-7H,1-5H2;. The predicted octanol–water partition coefficient (Wildman–Crippen LogP) is 9.86. The smallest absolute Gasteiger partial charge is 0.197 e. The van der Waals surface area contributed by atoms with Crippen LogP contribution < -0.4 is 0 Å². The average Bonchev–Trinajstić information content (AvgIpc) is 3.04. The van der Waals surface area contributed by atoms with Gasteiger partial charge in [-0.2, -0.15) is 0 Å². The summed E-state index contributed by atoms with van der Waals surface area (Å²) in [5, 5.41) is 26.7. The Kier molecular flexibility index (Phi) is 21.5. The van der Waals surface area contributed by atoms with E-state index in [0.29, 0.717) is 0 Å². The number of rotatable bonds is 3. The molecule has 0 aromatic carbocycles. The summed E-state index contributed by atoms with van der Waals surface area (Å²) in [6.07, 6.45) is 38.7. The van der Waals surface area contributed by atoms with Crippen molar-refractivity contribution in [2.45, 2.75) is 228 Å². The molecular weight excluding hydrogens is 572 g/mol. The molecule has 6 aliphatic rings. The number of aliphatic hydroxyl groups excluding tert-OH is 3. The van der Waals surface area contributed by atoms with E-state index in [1.165, 1.54) is 154 Å². The molecule has 6 aliphatic carbocycles. The topological polar surface area (TPSA) is 80.9 Å². The molecular formula is C36H70O4SiTi. The molecule has 6 fully saturated rings. The van der Waals surface area contributed by atoms with E-state index in [-0.39, 0.29) is 40.0 Å². The van der Waals surface area contributed by atoms with Gasteiger partial charge in [-0.3, -0.25) is 0 Å². The Morgan fingerprint density at radius 2 is 0.452 bits per heavy atom. The van der Waals surface area contributed by atoms with Gasteiger partial charge in [-0.25, -0.2) is 0 Å². The van der Waals surface area contributed by atoms with Crippen LogP contribution in [0.3, 0.4) is 0 Å². The minimum absolute atomic E-state index is 0. The second-order valence-corrected chi connectivity index (χ2v) is 19.0. The van der Waals surface area contributed by atoms with Gasteiger partial charge in [0.05, 0.1) is 18.3 Å². The number of aliphatic hydroxyl groups is 3. The molecule has 0 aliphatic heterocycles. The molecule has 6 saturated carbocycles. The summed E-state index contributed by atoms with van der Waals surface area (Å²) >= 11 is 0. The minimum Gasteiger partial charge on any atom is -0.431 e. The van der Waals surface area contributed by atoms with E-state index in [2.05, 4.69) is 0 Å². The minimum atomic E-state index is -2.05. The monoisotopic (exact) mass is 642 g/mol. The van der Waals surface area contributed by atoms with Gasteiger partial charge in [-0.1, -0.05) is 154 Å². The van der Waals surface area contributed by atoms with E-state index < -0.39 is 8.32 Å². The molecule has 246 valence electrons. The van der Waals surface area contributed by atoms with Crippen LogP contribution in [0.25, 0.3) is 0 Å². The van der Waals surface area contributed by atoms with Crippen molar-refractivity contribution < 1.29 is 41.8 Å². The van der Waals surface area contributed by atoms with Crippen LogP contribution in [0, 0.1) is 0 Å². The first-order valence-corrected chi connectivity index (χ1v) is 20.9. The van der Waals surface area contributed by atoms with Gasteiger partial charge >= 0.3 is 0 Å². The Balaban J connectivity index is 0.000000229. The summed E-state index contributed by atoms with van der Waals surface area (Å²) < 4.78 is 0. The summed E-state index contributed by atoms with van der Waals surface area (Å²) in [6, 6.07) is 0. The van der Waals surface area contributed by atoms with Gasteiger partial charge in [0.2, 0.25) is 0 Å². The molecule has 0 atom stereocenters. The molecule has 0 heterocycles. The molecule has 4 nitrogen and oxygen atoms in total. The van der Waals surface area contributed by atoms with Crippen LogP contribution in [0.15, 0.2) is 0 Å². The molecule has 0 unspecified atom stereocenters. The molecule has 42 heavy (non-hydrogen) atoms. The maximum Gasteiger partial charge on any atom is 0.197 e. The van der Waals surface area contributed by atoms with Gasteiger partial charge in [0.15, 0.2) is 8.32 Å². The summed E-state index contributed by atoms with van der Waals surface area (Å²) in [5.41, 5.74) is 2.30. The largest absolute Gasteiger partial charge is 0.431 e. The van der Waals surface area contributed by atoms with Crippen LogP contribution in [0.4, 0.5) is 0 Å². The second kappa shape index (κ2) is 23.1. The first-order chi connectivity index (χ1) is 20.0. The third kappa shape index (κ3) is 14.5. The summed E-state index contributed by atoms with van der Waals surface area (Å²) in [5.74, 6) is 0. The van der Waals surface area contributed by atoms with Crippen LogP contribution in [0.5, 0.6) is 0 Å². The molecule has 0 spiro atoms. The average molecular weight is 643 g/mol. The van der Waals surface area contributed by atoms with Crippen molar-refractivity contribution in [3.05, 3.63) is 0 Å². The zero-order chi connectivity index (χ0) is 29.2. The van der Waals surface area contributed by atoms with Gasteiger partial charge < -0.3 is 20.1 Å². The van der Waals surface area contributed by atoms with Crippen molar-refractivity contribution in [1.29, 1.82) is 0 Å². The summed E-state index contributed by atoms with van der Waals surface area (Å²) in [7, 11) is -2.05. The van der Waals surface area contributed by atoms with Crippen molar-refractivity contribution in [2.24, 2.45) is 0 Å². The molecule has 0 amide bonds. The van der Waals surface area contributed by atoms with Crippen LogP contribution in [-0.4, -0.2) is 46.7 Å². The van der Waals surface area contributed by atoms with E-state index in [1.54, 1.807) is 0 Å². The molecule has 4 N–H and O–H groups in total. The van der Waals surface area contributed by atoms with Crippen LogP contribution in [0.1, 0.15) is 193 Å². The van der Waals surface area contributed by atoms with E-state index in [1.807, 2.05) is 0 Å². The molecule has 6 rings (SSSR count). The molecule has 0 aromatic heterocycles.